The topological polar surface area (TPSA) is 102 Å². The van der Waals surface area contributed by atoms with Crippen molar-refractivity contribution < 1.29 is 18.4 Å². The fraction of sp³-hybridized carbons (Fsp3) is 0.300. The van der Waals surface area contributed by atoms with Gasteiger partial charge in [-0.1, -0.05) is 19.0 Å². The summed E-state index contributed by atoms with van der Waals surface area (Å²) in [7, 11) is 1.50. The molecule has 0 fully saturated rings. The van der Waals surface area contributed by atoms with Crippen molar-refractivity contribution in [2.24, 2.45) is 5.92 Å². The maximum absolute atomic E-state index is 13.5. The van der Waals surface area contributed by atoms with E-state index in [2.05, 4.69) is 25.8 Å². The molecule has 29 heavy (non-hydrogen) atoms. The second kappa shape index (κ2) is 9.24. The van der Waals surface area contributed by atoms with Gasteiger partial charge in [-0.25, -0.2) is 9.18 Å². The number of aromatic nitrogens is 3. The van der Waals surface area contributed by atoms with Crippen LogP contribution in [0.5, 0.6) is 0 Å². The van der Waals surface area contributed by atoms with Crippen molar-refractivity contribution >= 4 is 11.7 Å². The first kappa shape index (κ1) is 20.4. The number of pyridine rings is 1. The third-order valence-corrected chi connectivity index (χ3v) is 4.20. The van der Waals surface area contributed by atoms with Crippen molar-refractivity contribution in [3.8, 4) is 11.4 Å². The lowest BCUT2D eigenvalue weighted by molar-refractivity contribution is 0.185. The summed E-state index contributed by atoms with van der Waals surface area (Å²) >= 11 is 0. The monoisotopic (exact) mass is 399 g/mol. The van der Waals surface area contributed by atoms with E-state index in [1.807, 2.05) is 19.9 Å². The summed E-state index contributed by atoms with van der Waals surface area (Å²) in [6.45, 7) is 4.01. The van der Waals surface area contributed by atoms with Gasteiger partial charge in [-0.3, -0.25) is 4.98 Å². The zero-order valence-corrected chi connectivity index (χ0v) is 16.3. The zero-order valence-electron chi connectivity index (χ0n) is 16.3. The summed E-state index contributed by atoms with van der Waals surface area (Å²) in [5.41, 5.74) is 1.69. The van der Waals surface area contributed by atoms with Gasteiger partial charge in [-0.15, -0.1) is 0 Å². The summed E-state index contributed by atoms with van der Waals surface area (Å²) < 4.78 is 23.9. The number of nitrogens with one attached hydrogen (secondary N) is 2. The van der Waals surface area contributed by atoms with Gasteiger partial charge in [0.05, 0.1) is 6.61 Å². The fourth-order valence-corrected chi connectivity index (χ4v) is 2.75. The lowest BCUT2D eigenvalue weighted by atomic mass is 10.0. The average molecular weight is 399 g/mol. The molecule has 2 amide bonds. The lowest BCUT2D eigenvalue weighted by Crippen LogP contribution is -2.35. The van der Waals surface area contributed by atoms with Crippen molar-refractivity contribution in [1.82, 2.24) is 20.4 Å². The molecule has 2 heterocycles. The van der Waals surface area contributed by atoms with Crippen LogP contribution in [0.1, 0.15) is 31.3 Å². The van der Waals surface area contributed by atoms with Crippen LogP contribution in [-0.2, 0) is 11.3 Å². The summed E-state index contributed by atoms with van der Waals surface area (Å²) in [5.74, 6) is 0.249. The number of rotatable bonds is 7. The lowest BCUT2D eigenvalue weighted by Gasteiger charge is -2.19. The first-order valence-corrected chi connectivity index (χ1v) is 9.06. The summed E-state index contributed by atoms with van der Waals surface area (Å²) in [6.07, 6.45) is 3.28. The maximum atomic E-state index is 13.5. The SMILES string of the molecule is COCc1cc(F)ccc1NC(=O)NC(c1nc(-c2cccnc2)no1)C(C)C. The zero-order chi connectivity index (χ0) is 20.8. The highest BCUT2D eigenvalue weighted by Gasteiger charge is 2.25. The highest BCUT2D eigenvalue weighted by atomic mass is 19.1. The number of carbonyl (C=O) groups is 1. The van der Waals surface area contributed by atoms with E-state index >= 15 is 0 Å². The Bertz CT molecular complexity index is 962. The molecule has 0 saturated carbocycles. The van der Waals surface area contributed by atoms with E-state index in [-0.39, 0.29) is 18.4 Å². The number of hydrogen-bond donors (Lipinski definition) is 2. The molecule has 2 aromatic heterocycles. The summed E-state index contributed by atoms with van der Waals surface area (Å²) in [5, 5.41) is 9.53. The molecule has 0 aliphatic rings. The summed E-state index contributed by atoms with van der Waals surface area (Å²) in [4.78, 5) is 21.0. The molecule has 8 nitrogen and oxygen atoms in total. The first-order chi connectivity index (χ1) is 14.0. The van der Waals surface area contributed by atoms with E-state index in [1.54, 1.807) is 18.5 Å². The number of halogens is 1. The van der Waals surface area contributed by atoms with Crippen LogP contribution in [0.3, 0.4) is 0 Å². The van der Waals surface area contributed by atoms with Crippen molar-refractivity contribution in [2.75, 3.05) is 12.4 Å². The molecule has 2 N–H and O–H groups in total. The quantitative estimate of drug-likeness (QED) is 0.624. The number of methoxy groups -OCH3 is 1. The molecule has 0 saturated heterocycles. The van der Waals surface area contributed by atoms with Crippen molar-refractivity contribution in [3.05, 3.63) is 60.0 Å². The molecule has 3 rings (SSSR count). The molecule has 0 aliphatic heterocycles. The molecule has 1 aromatic carbocycles. The third-order valence-electron chi connectivity index (χ3n) is 4.20. The minimum Gasteiger partial charge on any atom is -0.380 e. The third kappa shape index (κ3) is 5.14. The van der Waals surface area contributed by atoms with Gasteiger partial charge in [0.25, 0.3) is 0 Å². The van der Waals surface area contributed by atoms with Gasteiger partial charge in [0, 0.05) is 36.3 Å². The van der Waals surface area contributed by atoms with E-state index in [0.29, 0.717) is 22.6 Å². The van der Waals surface area contributed by atoms with E-state index in [1.165, 1.54) is 25.3 Å². The second-order valence-electron chi connectivity index (χ2n) is 6.75. The second-order valence-corrected chi connectivity index (χ2v) is 6.75. The molecule has 0 spiro atoms. The van der Waals surface area contributed by atoms with Crippen LogP contribution in [0.4, 0.5) is 14.9 Å². The molecule has 0 radical (unpaired) electrons. The average Bonchev–Trinajstić information content (AvgIpc) is 3.19. The Balaban J connectivity index is 1.75. The molecule has 3 aromatic rings. The number of nitrogens with zero attached hydrogens (tertiary/aromatic N) is 3. The standard InChI is InChI=1S/C20H22FN5O3/c1-12(2)17(19-25-18(26-29-19)13-5-4-8-22-10-13)24-20(27)23-16-7-6-15(21)9-14(16)11-28-3/h4-10,12,17H,11H2,1-3H3,(H2,23,24,27). The Morgan fingerprint density at radius 3 is 2.83 bits per heavy atom. The van der Waals surface area contributed by atoms with Gasteiger partial charge in [0.2, 0.25) is 11.7 Å². The number of amides is 2. The van der Waals surface area contributed by atoms with Crippen molar-refractivity contribution in [3.63, 3.8) is 0 Å². The van der Waals surface area contributed by atoms with Crippen molar-refractivity contribution in [1.29, 1.82) is 0 Å². The predicted octanol–water partition coefficient (Wildman–Crippen LogP) is 3.94. The number of hydrogen-bond acceptors (Lipinski definition) is 6. The van der Waals surface area contributed by atoms with Crippen LogP contribution in [0.25, 0.3) is 11.4 Å². The Kier molecular flexibility index (Phi) is 6.50. The van der Waals surface area contributed by atoms with Gasteiger partial charge in [0.15, 0.2) is 0 Å². The Labute approximate surface area is 167 Å². The van der Waals surface area contributed by atoms with Gasteiger partial charge in [-0.2, -0.15) is 4.98 Å². The van der Waals surface area contributed by atoms with Gasteiger partial charge < -0.3 is 19.9 Å². The van der Waals surface area contributed by atoms with Crippen LogP contribution < -0.4 is 10.6 Å². The molecular formula is C20H22FN5O3. The maximum Gasteiger partial charge on any atom is 0.319 e. The number of ether oxygens (including phenoxy) is 1. The van der Waals surface area contributed by atoms with Gasteiger partial charge >= 0.3 is 6.03 Å². The molecule has 1 unspecified atom stereocenters. The van der Waals surface area contributed by atoms with Crippen LogP contribution in [0.2, 0.25) is 0 Å². The van der Waals surface area contributed by atoms with Crippen LogP contribution in [0.15, 0.2) is 47.2 Å². The number of urea groups is 1. The first-order valence-electron chi connectivity index (χ1n) is 9.06. The number of carbonyl (C=O) groups excluding carboxylic acids is 1. The van der Waals surface area contributed by atoms with Gasteiger partial charge in [-0.05, 0) is 36.2 Å². The number of anilines is 1. The van der Waals surface area contributed by atoms with E-state index < -0.39 is 17.9 Å². The largest absolute Gasteiger partial charge is 0.380 e. The highest BCUT2D eigenvalue weighted by Crippen LogP contribution is 2.24. The number of benzene rings is 1. The van der Waals surface area contributed by atoms with E-state index in [0.717, 1.165) is 0 Å². The summed E-state index contributed by atoms with van der Waals surface area (Å²) in [6, 6.07) is 6.67. The molecule has 0 bridgehead atoms. The van der Waals surface area contributed by atoms with Crippen molar-refractivity contribution in [2.45, 2.75) is 26.5 Å². The van der Waals surface area contributed by atoms with Gasteiger partial charge in [0.1, 0.15) is 11.9 Å². The molecule has 9 heteroatoms. The minimum absolute atomic E-state index is 0.0189. The Morgan fingerprint density at radius 1 is 1.31 bits per heavy atom. The minimum atomic E-state index is -0.515. The predicted molar refractivity (Wildman–Crippen MR) is 104 cm³/mol. The normalized spacial score (nSPS) is 12.0. The highest BCUT2D eigenvalue weighted by molar-refractivity contribution is 5.90. The molecule has 0 aliphatic carbocycles. The van der Waals surface area contributed by atoms with Crippen LogP contribution >= 0.6 is 0 Å². The van der Waals surface area contributed by atoms with E-state index in [4.69, 9.17) is 9.26 Å². The molecule has 152 valence electrons. The fourth-order valence-electron chi connectivity index (χ4n) is 2.75. The van der Waals surface area contributed by atoms with Crippen LogP contribution in [-0.4, -0.2) is 28.3 Å². The van der Waals surface area contributed by atoms with Crippen LogP contribution in [0, 0.1) is 11.7 Å². The Hall–Kier alpha value is -3.33. The Morgan fingerprint density at radius 2 is 2.14 bits per heavy atom. The molecule has 1 atom stereocenters. The molecular weight excluding hydrogens is 377 g/mol. The van der Waals surface area contributed by atoms with E-state index in [9.17, 15) is 9.18 Å². The smallest absolute Gasteiger partial charge is 0.319 e.